The molecule has 1 aromatic carbocycles. The van der Waals surface area contributed by atoms with E-state index in [1.54, 1.807) is 14.2 Å². The van der Waals surface area contributed by atoms with Crippen molar-refractivity contribution in [1.82, 2.24) is 0 Å². The van der Waals surface area contributed by atoms with Crippen LogP contribution in [0, 0.1) is 0 Å². The van der Waals surface area contributed by atoms with Crippen LogP contribution in [-0.4, -0.2) is 20.3 Å². The van der Waals surface area contributed by atoms with Gasteiger partial charge in [-0.25, -0.2) is 0 Å². The van der Waals surface area contributed by atoms with E-state index in [9.17, 15) is 0 Å². The summed E-state index contributed by atoms with van der Waals surface area (Å²) in [5.41, 5.74) is 6.90. The van der Waals surface area contributed by atoms with Crippen molar-refractivity contribution in [2.75, 3.05) is 14.2 Å². The second-order valence-corrected chi connectivity index (χ2v) is 4.66. The van der Waals surface area contributed by atoms with E-state index in [2.05, 4.69) is 15.9 Å². The molecule has 0 unspecified atom stereocenters. The molecule has 0 aliphatic heterocycles. The summed E-state index contributed by atoms with van der Waals surface area (Å²) in [6.07, 6.45) is 1.83. The van der Waals surface area contributed by atoms with E-state index in [1.807, 2.05) is 19.1 Å². The first-order valence-corrected chi connectivity index (χ1v) is 6.03. The Hall–Kier alpha value is -0.740. The van der Waals surface area contributed by atoms with Crippen LogP contribution in [0.15, 0.2) is 16.6 Å². The quantitative estimate of drug-likeness (QED) is 0.906. The molecule has 0 heterocycles. The molecule has 16 heavy (non-hydrogen) atoms. The van der Waals surface area contributed by atoms with E-state index >= 15 is 0 Å². The van der Waals surface area contributed by atoms with Crippen molar-refractivity contribution in [3.63, 3.8) is 0 Å². The molecule has 0 bridgehead atoms. The third-order valence-electron chi connectivity index (χ3n) is 2.43. The number of benzene rings is 1. The van der Waals surface area contributed by atoms with Gasteiger partial charge in [-0.3, -0.25) is 0 Å². The summed E-state index contributed by atoms with van der Waals surface area (Å²) in [5, 5.41) is 0. The minimum Gasteiger partial charge on any atom is -0.497 e. The molecular formula is C12H18BrNO2. The van der Waals surface area contributed by atoms with Crippen molar-refractivity contribution < 1.29 is 9.47 Å². The lowest BCUT2D eigenvalue weighted by molar-refractivity contribution is 0.389. The van der Waals surface area contributed by atoms with Gasteiger partial charge in [0.05, 0.1) is 14.2 Å². The maximum atomic E-state index is 5.76. The summed E-state index contributed by atoms with van der Waals surface area (Å²) < 4.78 is 11.5. The molecule has 1 aromatic rings. The van der Waals surface area contributed by atoms with Gasteiger partial charge in [-0.1, -0.05) is 15.9 Å². The lowest BCUT2D eigenvalue weighted by Crippen LogP contribution is -2.15. The van der Waals surface area contributed by atoms with Crippen LogP contribution in [0.1, 0.15) is 18.9 Å². The Labute approximate surface area is 105 Å². The summed E-state index contributed by atoms with van der Waals surface area (Å²) in [6, 6.07) is 4.03. The first-order valence-electron chi connectivity index (χ1n) is 5.24. The third kappa shape index (κ3) is 3.39. The number of halogens is 1. The Morgan fingerprint density at radius 1 is 1.31 bits per heavy atom. The average Bonchev–Trinajstić information content (AvgIpc) is 2.26. The van der Waals surface area contributed by atoms with Gasteiger partial charge in [-0.15, -0.1) is 0 Å². The van der Waals surface area contributed by atoms with Crippen LogP contribution in [0.5, 0.6) is 11.5 Å². The van der Waals surface area contributed by atoms with Crippen LogP contribution < -0.4 is 15.2 Å². The molecular weight excluding hydrogens is 270 g/mol. The fourth-order valence-corrected chi connectivity index (χ4v) is 2.12. The van der Waals surface area contributed by atoms with Crippen LogP contribution in [0.2, 0.25) is 0 Å². The SMILES string of the molecule is COc1cc(Br)c(CC[C@@H](C)N)c(OC)c1. The number of rotatable bonds is 5. The predicted octanol–water partition coefficient (Wildman–Crippen LogP) is 2.75. The molecule has 3 nitrogen and oxygen atoms in total. The van der Waals surface area contributed by atoms with E-state index in [-0.39, 0.29) is 6.04 Å². The van der Waals surface area contributed by atoms with Gasteiger partial charge in [0.2, 0.25) is 0 Å². The number of methoxy groups -OCH3 is 2. The van der Waals surface area contributed by atoms with Crippen molar-refractivity contribution in [2.45, 2.75) is 25.8 Å². The molecule has 4 heteroatoms. The van der Waals surface area contributed by atoms with Crippen molar-refractivity contribution in [2.24, 2.45) is 5.73 Å². The van der Waals surface area contributed by atoms with Crippen molar-refractivity contribution in [3.8, 4) is 11.5 Å². The molecule has 0 saturated carbocycles. The summed E-state index contributed by atoms with van der Waals surface area (Å²) in [5.74, 6) is 1.63. The highest BCUT2D eigenvalue weighted by molar-refractivity contribution is 9.10. The van der Waals surface area contributed by atoms with Crippen molar-refractivity contribution in [3.05, 3.63) is 22.2 Å². The highest BCUT2D eigenvalue weighted by atomic mass is 79.9. The number of hydrogen-bond acceptors (Lipinski definition) is 3. The van der Waals surface area contributed by atoms with E-state index < -0.39 is 0 Å². The Balaban J connectivity index is 2.97. The van der Waals surface area contributed by atoms with Gasteiger partial charge < -0.3 is 15.2 Å². The second-order valence-electron chi connectivity index (χ2n) is 3.81. The number of ether oxygens (including phenoxy) is 2. The Morgan fingerprint density at radius 2 is 2.00 bits per heavy atom. The topological polar surface area (TPSA) is 44.5 Å². The normalized spacial score (nSPS) is 12.3. The first-order chi connectivity index (χ1) is 7.58. The molecule has 0 amide bonds. The molecule has 0 aliphatic carbocycles. The van der Waals surface area contributed by atoms with Crippen LogP contribution in [-0.2, 0) is 6.42 Å². The van der Waals surface area contributed by atoms with Crippen molar-refractivity contribution in [1.29, 1.82) is 0 Å². The number of nitrogens with two attached hydrogens (primary N) is 1. The Morgan fingerprint density at radius 3 is 2.50 bits per heavy atom. The summed E-state index contributed by atoms with van der Waals surface area (Å²) in [6.45, 7) is 2.00. The van der Waals surface area contributed by atoms with Crippen molar-refractivity contribution >= 4 is 15.9 Å². The van der Waals surface area contributed by atoms with E-state index in [1.165, 1.54) is 0 Å². The summed E-state index contributed by atoms with van der Waals surface area (Å²) in [4.78, 5) is 0. The lowest BCUT2D eigenvalue weighted by atomic mass is 10.1. The Kier molecular flexibility index (Phi) is 5.09. The molecule has 0 fully saturated rings. The zero-order chi connectivity index (χ0) is 12.1. The summed E-state index contributed by atoms with van der Waals surface area (Å²) in [7, 11) is 3.30. The molecule has 0 aromatic heterocycles. The number of hydrogen-bond donors (Lipinski definition) is 1. The van der Waals surface area contributed by atoms with Crippen LogP contribution in [0.3, 0.4) is 0 Å². The molecule has 0 saturated heterocycles. The fourth-order valence-electron chi connectivity index (χ4n) is 1.50. The maximum absolute atomic E-state index is 5.76. The lowest BCUT2D eigenvalue weighted by Gasteiger charge is -2.13. The van der Waals surface area contributed by atoms with E-state index in [0.717, 1.165) is 34.4 Å². The molecule has 0 radical (unpaired) electrons. The van der Waals surface area contributed by atoms with Crippen LogP contribution in [0.25, 0.3) is 0 Å². The smallest absolute Gasteiger partial charge is 0.126 e. The highest BCUT2D eigenvalue weighted by Gasteiger charge is 2.11. The van der Waals surface area contributed by atoms with Gasteiger partial charge in [-0.05, 0) is 25.8 Å². The van der Waals surface area contributed by atoms with Gasteiger partial charge in [-0.2, -0.15) is 0 Å². The summed E-state index contributed by atoms with van der Waals surface area (Å²) >= 11 is 3.53. The molecule has 1 rings (SSSR count). The van der Waals surface area contributed by atoms with Crippen LogP contribution >= 0.6 is 15.9 Å². The standard InChI is InChI=1S/C12H18BrNO2/c1-8(14)4-5-10-11(13)6-9(15-2)7-12(10)16-3/h6-8H,4-5,14H2,1-3H3/t8-/m1/s1. The molecule has 0 aliphatic rings. The molecule has 90 valence electrons. The first kappa shape index (κ1) is 13.3. The van der Waals surface area contributed by atoms with Gasteiger partial charge in [0.15, 0.2) is 0 Å². The zero-order valence-corrected chi connectivity index (χ0v) is 11.5. The van der Waals surface area contributed by atoms with Gasteiger partial charge in [0, 0.05) is 22.1 Å². The molecule has 1 atom stereocenters. The monoisotopic (exact) mass is 287 g/mol. The largest absolute Gasteiger partial charge is 0.497 e. The zero-order valence-electron chi connectivity index (χ0n) is 9.92. The third-order valence-corrected chi connectivity index (χ3v) is 3.14. The second kappa shape index (κ2) is 6.11. The van der Waals surface area contributed by atoms with Crippen LogP contribution in [0.4, 0.5) is 0 Å². The van der Waals surface area contributed by atoms with Gasteiger partial charge >= 0.3 is 0 Å². The minimum absolute atomic E-state index is 0.193. The van der Waals surface area contributed by atoms with E-state index in [0.29, 0.717) is 0 Å². The predicted molar refractivity (Wildman–Crippen MR) is 69.2 cm³/mol. The van der Waals surface area contributed by atoms with Gasteiger partial charge in [0.1, 0.15) is 11.5 Å². The van der Waals surface area contributed by atoms with E-state index in [4.69, 9.17) is 15.2 Å². The maximum Gasteiger partial charge on any atom is 0.126 e. The highest BCUT2D eigenvalue weighted by Crippen LogP contribution is 2.33. The fraction of sp³-hybridized carbons (Fsp3) is 0.500. The van der Waals surface area contributed by atoms with Gasteiger partial charge in [0.25, 0.3) is 0 Å². The average molecular weight is 288 g/mol. The minimum atomic E-state index is 0.193. The Bertz CT molecular complexity index is 353. The molecule has 0 spiro atoms. The molecule has 2 N–H and O–H groups in total.